The summed E-state index contributed by atoms with van der Waals surface area (Å²) in [6, 6.07) is 21.1. The summed E-state index contributed by atoms with van der Waals surface area (Å²) in [5.74, 6) is 0.597. The second-order valence-corrected chi connectivity index (χ2v) is 8.76. The lowest BCUT2D eigenvalue weighted by Gasteiger charge is -2.42. The Kier molecular flexibility index (Phi) is 5.87. The highest BCUT2D eigenvalue weighted by Gasteiger charge is 2.40. The van der Waals surface area contributed by atoms with E-state index in [1.54, 1.807) is 18.2 Å². The van der Waals surface area contributed by atoms with Gasteiger partial charge in [0.05, 0.1) is 5.60 Å². The van der Waals surface area contributed by atoms with Gasteiger partial charge in [0.25, 0.3) is 0 Å². The van der Waals surface area contributed by atoms with E-state index in [0.717, 1.165) is 11.1 Å². The summed E-state index contributed by atoms with van der Waals surface area (Å²) in [5, 5.41) is 11.1. The van der Waals surface area contributed by atoms with Crippen LogP contribution in [0.2, 0.25) is 0 Å². The Morgan fingerprint density at radius 1 is 1.03 bits per heavy atom. The molecule has 0 spiro atoms. The number of hydrogen-bond donors (Lipinski definition) is 1. The third-order valence-electron chi connectivity index (χ3n) is 6.63. The first-order chi connectivity index (χ1) is 16.0. The molecule has 33 heavy (non-hydrogen) atoms. The van der Waals surface area contributed by atoms with Crippen molar-refractivity contribution in [3.05, 3.63) is 95.3 Å². The Morgan fingerprint density at radius 3 is 2.48 bits per heavy atom. The van der Waals surface area contributed by atoms with E-state index in [1.807, 2.05) is 42.5 Å². The molecule has 2 heterocycles. The van der Waals surface area contributed by atoms with Crippen molar-refractivity contribution in [2.45, 2.75) is 37.5 Å². The van der Waals surface area contributed by atoms with Crippen LogP contribution in [-0.2, 0) is 23.4 Å². The normalized spacial score (nSPS) is 20.1. The number of carbonyl (C=O) groups is 1. The summed E-state index contributed by atoms with van der Waals surface area (Å²) in [6.45, 7) is 1.56. The van der Waals surface area contributed by atoms with Crippen LogP contribution >= 0.6 is 0 Å². The van der Waals surface area contributed by atoms with Crippen molar-refractivity contribution in [1.82, 2.24) is 4.90 Å². The predicted octanol–water partition coefficient (Wildman–Crippen LogP) is 4.22. The molecule has 3 aromatic carbocycles. The molecule has 5 nitrogen and oxygen atoms in total. The molecule has 0 aromatic heterocycles. The number of benzene rings is 3. The van der Waals surface area contributed by atoms with E-state index >= 15 is 0 Å². The number of likely N-dealkylation sites (tertiary alicyclic amines) is 1. The molecule has 2 aliphatic heterocycles. The molecule has 2 aliphatic rings. The molecule has 6 heteroatoms. The lowest BCUT2D eigenvalue weighted by Crippen LogP contribution is -2.52. The average molecular weight is 448 g/mol. The molecule has 0 amide bonds. The van der Waals surface area contributed by atoms with Crippen LogP contribution in [0.3, 0.4) is 0 Å². The van der Waals surface area contributed by atoms with E-state index in [9.17, 15) is 14.3 Å². The Balaban J connectivity index is 1.22. The zero-order valence-electron chi connectivity index (χ0n) is 18.2. The summed E-state index contributed by atoms with van der Waals surface area (Å²) in [6.07, 6.45) is 1.51. The second-order valence-electron chi connectivity index (χ2n) is 8.76. The molecule has 0 radical (unpaired) electrons. The van der Waals surface area contributed by atoms with Crippen LogP contribution in [0.4, 0.5) is 4.39 Å². The molecular formula is C27H26FNO4. The van der Waals surface area contributed by atoms with E-state index < -0.39 is 5.60 Å². The first-order valence-electron chi connectivity index (χ1n) is 11.2. The maximum absolute atomic E-state index is 13.2. The minimum atomic E-state index is -1.01. The van der Waals surface area contributed by atoms with Gasteiger partial charge in [-0.05, 0) is 47.7 Å². The van der Waals surface area contributed by atoms with E-state index in [-0.39, 0.29) is 17.8 Å². The first-order valence-corrected chi connectivity index (χ1v) is 11.2. The van der Waals surface area contributed by atoms with Crippen molar-refractivity contribution >= 4 is 5.97 Å². The Bertz CT molecular complexity index is 1120. The van der Waals surface area contributed by atoms with Gasteiger partial charge in [0, 0.05) is 25.6 Å². The van der Waals surface area contributed by atoms with E-state index in [0.29, 0.717) is 56.0 Å². The van der Waals surface area contributed by atoms with Crippen LogP contribution in [0.25, 0.3) is 0 Å². The van der Waals surface area contributed by atoms with Crippen molar-refractivity contribution in [2.24, 2.45) is 0 Å². The molecule has 1 atom stereocenters. The number of carbonyl (C=O) groups excluding carboxylic acids is 1. The predicted molar refractivity (Wildman–Crippen MR) is 121 cm³/mol. The molecule has 170 valence electrons. The zero-order valence-corrected chi connectivity index (χ0v) is 18.2. The zero-order chi connectivity index (χ0) is 22.8. The van der Waals surface area contributed by atoms with Gasteiger partial charge in [-0.25, -0.2) is 9.18 Å². The number of esters is 1. The van der Waals surface area contributed by atoms with Gasteiger partial charge in [-0.1, -0.05) is 48.5 Å². The topological polar surface area (TPSA) is 59.0 Å². The standard InChI is InChI=1S/C27H26FNO4/c28-22-9-7-21(8-10-22)27(31)12-14-29(15-13-27)24-16-20-6-11-23(17-25(20)33-26(24)30)32-18-19-4-2-1-3-5-19/h1-11,17,24,31H,12-16,18H2. The number of halogens is 1. The quantitative estimate of drug-likeness (QED) is 0.469. The molecule has 0 bridgehead atoms. The third-order valence-corrected chi connectivity index (χ3v) is 6.63. The van der Waals surface area contributed by atoms with Gasteiger partial charge in [0.1, 0.15) is 30.0 Å². The minimum Gasteiger partial charge on any atom is -0.489 e. The number of nitrogens with zero attached hydrogens (tertiary/aromatic N) is 1. The van der Waals surface area contributed by atoms with Crippen LogP contribution in [-0.4, -0.2) is 35.1 Å². The molecule has 1 N–H and O–H groups in total. The second kappa shape index (κ2) is 8.96. The monoisotopic (exact) mass is 447 g/mol. The van der Waals surface area contributed by atoms with Crippen LogP contribution in [0.5, 0.6) is 11.5 Å². The van der Waals surface area contributed by atoms with Crippen LogP contribution in [0.15, 0.2) is 72.8 Å². The van der Waals surface area contributed by atoms with Crippen molar-refractivity contribution < 1.29 is 23.8 Å². The molecule has 1 unspecified atom stereocenters. The van der Waals surface area contributed by atoms with E-state index in [4.69, 9.17) is 9.47 Å². The van der Waals surface area contributed by atoms with Crippen molar-refractivity contribution in [3.8, 4) is 11.5 Å². The number of aliphatic hydroxyl groups is 1. The Hall–Kier alpha value is -3.22. The van der Waals surface area contributed by atoms with Crippen molar-refractivity contribution in [3.63, 3.8) is 0 Å². The van der Waals surface area contributed by atoms with Crippen LogP contribution < -0.4 is 9.47 Å². The molecular weight excluding hydrogens is 421 g/mol. The molecule has 0 aliphatic carbocycles. The van der Waals surface area contributed by atoms with Gasteiger partial charge in [-0.2, -0.15) is 0 Å². The number of piperidine rings is 1. The Morgan fingerprint density at radius 2 is 1.76 bits per heavy atom. The Labute approximate surface area is 192 Å². The number of ether oxygens (including phenoxy) is 2. The highest BCUT2D eigenvalue weighted by atomic mass is 19.1. The fraction of sp³-hybridized carbons (Fsp3) is 0.296. The highest BCUT2D eigenvalue weighted by molar-refractivity contribution is 5.81. The number of fused-ring (bicyclic) bond motifs is 1. The van der Waals surface area contributed by atoms with Gasteiger partial charge < -0.3 is 14.6 Å². The fourth-order valence-electron chi connectivity index (χ4n) is 4.63. The summed E-state index contributed by atoms with van der Waals surface area (Å²) >= 11 is 0. The van der Waals surface area contributed by atoms with Gasteiger partial charge in [-0.15, -0.1) is 0 Å². The summed E-state index contributed by atoms with van der Waals surface area (Å²) in [5.41, 5.74) is 1.73. The van der Waals surface area contributed by atoms with Crippen LogP contribution in [0.1, 0.15) is 29.5 Å². The van der Waals surface area contributed by atoms with E-state index in [2.05, 4.69) is 4.90 Å². The first kappa shape index (κ1) is 21.6. The fourth-order valence-corrected chi connectivity index (χ4v) is 4.63. The number of rotatable bonds is 5. The molecule has 1 fully saturated rings. The lowest BCUT2D eigenvalue weighted by molar-refractivity contribution is -0.144. The average Bonchev–Trinajstić information content (AvgIpc) is 2.84. The minimum absolute atomic E-state index is 0.282. The largest absolute Gasteiger partial charge is 0.489 e. The van der Waals surface area contributed by atoms with Crippen LogP contribution in [0, 0.1) is 5.82 Å². The third kappa shape index (κ3) is 4.63. The summed E-state index contributed by atoms with van der Waals surface area (Å²) in [7, 11) is 0. The maximum Gasteiger partial charge on any atom is 0.329 e. The SMILES string of the molecule is O=C1Oc2cc(OCc3ccccc3)ccc2CC1N1CCC(O)(c2ccc(F)cc2)CC1. The summed E-state index contributed by atoms with van der Waals surface area (Å²) < 4.78 is 24.8. The molecule has 3 aromatic rings. The van der Waals surface area contributed by atoms with Gasteiger partial charge >= 0.3 is 5.97 Å². The highest BCUT2D eigenvalue weighted by Crippen LogP contribution is 2.36. The van der Waals surface area contributed by atoms with Gasteiger partial charge in [0.15, 0.2) is 0 Å². The smallest absolute Gasteiger partial charge is 0.329 e. The van der Waals surface area contributed by atoms with E-state index in [1.165, 1.54) is 12.1 Å². The van der Waals surface area contributed by atoms with Gasteiger partial charge in [0.2, 0.25) is 0 Å². The molecule has 5 rings (SSSR count). The van der Waals surface area contributed by atoms with Crippen molar-refractivity contribution in [1.29, 1.82) is 0 Å². The maximum atomic E-state index is 13.2. The molecule has 0 saturated carbocycles. The molecule has 1 saturated heterocycles. The van der Waals surface area contributed by atoms with Crippen molar-refractivity contribution in [2.75, 3.05) is 13.1 Å². The number of hydrogen-bond acceptors (Lipinski definition) is 5. The van der Waals surface area contributed by atoms with Gasteiger partial charge in [-0.3, -0.25) is 4.90 Å². The summed E-state index contributed by atoms with van der Waals surface area (Å²) in [4.78, 5) is 14.9. The lowest BCUT2D eigenvalue weighted by atomic mass is 9.83.